The minimum Gasteiger partial charge on any atom is -0.496 e. The smallest absolute Gasteiger partial charge is 0.482 e. The molecule has 1 aromatic carbocycles. The number of esters is 1. The van der Waals surface area contributed by atoms with Crippen molar-refractivity contribution in [2.75, 3.05) is 26.7 Å². The number of carbonyl (C=O) groups excluding carboxylic acids is 3. The maximum atomic E-state index is 13.7. The van der Waals surface area contributed by atoms with Gasteiger partial charge in [0.25, 0.3) is 0 Å². The van der Waals surface area contributed by atoms with Crippen molar-refractivity contribution >= 4 is 25.1 Å². The van der Waals surface area contributed by atoms with Crippen LogP contribution in [0.1, 0.15) is 104 Å². The van der Waals surface area contributed by atoms with Gasteiger partial charge in [0.1, 0.15) is 22.5 Å². The summed E-state index contributed by atoms with van der Waals surface area (Å²) in [4.78, 5) is 41.2. The number of likely N-dealkylation sites (tertiary alicyclic amines) is 1. The van der Waals surface area contributed by atoms with Crippen LogP contribution in [0.3, 0.4) is 0 Å². The first-order valence-electron chi connectivity index (χ1n) is 17.5. The molecule has 5 atom stereocenters. The number of rotatable bonds is 9. The van der Waals surface area contributed by atoms with Crippen molar-refractivity contribution in [2.45, 2.75) is 129 Å². The van der Waals surface area contributed by atoms with Crippen LogP contribution in [0.4, 0.5) is 4.79 Å². The van der Waals surface area contributed by atoms with Gasteiger partial charge in [-0.1, -0.05) is 26.0 Å². The number of para-hydroxylation sites is 1. The number of benzene rings is 1. The first-order valence-corrected chi connectivity index (χ1v) is 17.5. The van der Waals surface area contributed by atoms with Crippen LogP contribution in [0.25, 0.3) is 0 Å². The molecule has 48 heavy (non-hydrogen) atoms. The Balaban J connectivity index is 1.30. The van der Waals surface area contributed by atoms with E-state index >= 15 is 0 Å². The predicted octanol–water partition coefficient (Wildman–Crippen LogP) is 4.93. The number of hydrogen-bond acceptors (Lipinski definition) is 9. The fraction of sp³-hybridized carbons (Fsp3) is 0.750. The van der Waals surface area contributed by atoms with Gasteiger partial charge in [0, 0.05) is 19.1 Å². The van der Waals surface area contributed by atoms with E-state index in [2.05, 4.69) is 36.3 Å². The molecule has 0 aromatic heterocycles. The van der Waals surface area contributed by atoms with Gasteiger partial charge in [-0.2, -0.15) is 0 Å². The molecule has 3 aliphatic carbocycles. The Morgan fingerprint density at radius 3 is 2.29 bits per heavy atom. The zero-order valence-corrected chi connectivity index (χ0v) is 30.6. The van der Waals surface area contributed by atoms with Gasteiger partial charge >= 0.3 is 19.2 Å². The largest absolute Gasteiger partial charge is 0.496 e. The number of piperidine rings is 1. The SMILES string of the molecule is COc1c(CC(NC(=O)CN2CCC(NC(=O)OC(C)(C)C)CC2)B2OC3CC4CC(C4(C)C)C3(C)O2)cccc1C(=O)OC(C)(C)C. The van der Waals surface area contributed by atoms with Gasteiger partial charge in [0.2, 0.25) is 5.91 Å². The van der Waals surface area contributed by atoms with Crippen LogP contribution in [0.2, 0.25) is 0 Å². The monoisotopic (exact) mass is 669 g/mol. The Morgan fingerprint density at radius 1 is 1.02 bits per heavy atom. The van der Waals surface area contributed by atoms with Crippen LogP contribution in [-0.4, -0.2) is 91.6 Å². The summed E-state index contributed by atoms with van der Waals surface area (Å²) in [6.07, 6.45) is 3.36. The second-order valence-corrected chi connectivity index (χ2v) is 16.9. The lowest BCUT2D eigenvalue weighted by Gasteiger charge is -2.64. The van der Waals surface area contributed by atoms with Crippen molar-refractivity contribution in [1.29, 1.82) is 0 Å². The molecule has 2 amide bonds. The van der Waals surface area contributed by atoms with Crippen LogP contribution < -0.4 is 15.4 Å². The highest BCUT2D eigenvalue weighted by Gasteiger charge is 2.68. The molecule has 6 rings (SSSR count). The number of nitrogens with zero attached hydrogens (tertiary/aromatic N) is 1. The average Bonchev–Trinajstić information content (AvgIpc) is 3.33. The molecule has 11 nitrogen and oxygen atoms in total. The molecular weight excluding hydrogens is 613 g/mol. The van der Waals surface area contributed by atoms with Gasteiger partial charge < -0.3 is 34.2 Å². The Hall–Kier alpha value is -2.83. The third-order valence-electron chi connectivity index (χ3n) is 10.7. The zero-order chi connectivity index (χ0) is 35.2. The van der Waals surface area contributed by atoms with E-state index in [1.807, 2.05) is 47.6 Å². The molecule has 266 valence electrons. The minimum atomic E-state index is -0.669. The Kier molecular flexibility index (Phi) is 10.2. The van der Waals surface area contributed by atoms with Gasteiger partial charge in [-0.15, -0.1) is 0 Å². The van der Waals surface area contributed by atoms with Crippen LogP contribution in [0, 0.1) is 17.3 Å². The van der Waals surface area contributed by atoms with Gasteiger partial charge in [-0.25, -0.2) is 9.59 Å². The molecule has 5 fully saturated rings. The van der Waals surface area contributed by atoms with Gasteiger partial charge in [-0.3, -0.25) is 9.69 Å². The highest BCUT2D eigenvalue weighted by molar-refractivity contribution is 6.48. The van der Waals surface area contributed by atoms with Crippen molar-refractivity contribution in [2.24, 2.45) is 17.3 Å². The highest BCUT2D eigenvalue weighted by atomic mass is 16.7. The van der Waals surface area contributed by atoms with Crippen molar-refractivity contribution in [3.63, 3.8) is 0 Å². The second-order valence-electron chi connectivity index (χ2n) is 16.9. The van der Waals surface area contributed by atoms with Crippen LogP contribution in [0.5, 0.6) is 5.75 Å². The van der Waals surface area contributed by atoms with Crippen molar-refractivity contribution in [1.82, 2.24) is 15.5 Å². The summed E-state index contributed by atoms with van der Waals surface area (Å²) in [5.41, 5.74) is -0.416. The maximum absolute atomic E-state index is 13.7. The molecule has 2 saturated heterocycles. The Labute approximate surface area is 286 Å². The van der Waals surface area contributed by atoms with E-state index in [1.54, 1.807) is 12.1 Å². The molecule has 5 aliphatic rings. The Bertz CT molecular complexity index is 1370. The molecule has 1 aromatic rings. The number of amides is 2. The molecule has 2 heterocycles. The standard InChI is InChI=1S/C36H56BN3O8/c1-33(2,3)45-31(42)25-13-11-12-22(30(25)44-10)18-28(37-47-27-20-23-19-26(35(23,7)8)36(27,9)48-37)39-29(41)21-40-16-14-24(15-17-40)38-32(43)46-34(4,5)6/h11-13,23-24,26-28H,14-21H2,1-10H3,(H,38,43)(H,39,41). The van der Waals surface area contributed by atoms with E-state index in [9.17, 15) is 14.4 Å². The first kappa shape index (κ1) is 36.5. The quantitative estimate of drug-likeness (QED) is 0.278. The van der Waals surface area contributed by atoms with Gasteiger partial charge in [0.15, 0.2) is 0 Å². The lowest BCUT2D eigenvalue weighted by molar-refractivity contribution is -0.199. The highest BCUT2D eigenvalue weighted by Crippen LogP contribution is 2.65. The van der Waals surface area contributed by atoms with E-state index in [0.29, 0.717) is 42.7 Å². The van der Waals surface area contributed by atoms with Gasteiger partial charge in [-0.05, 0) is 109 Å². The van der Waals surface area contributed by atoms with Gasteiger partial charge in [0.05, 0.1) is 31.3 Å². The number of methoxy groups -OCH3 is 1. The fourth-order valence-electron chi connectivity index (χ4n) is 8.17. The van der Waals surface area contributed by atoms with Crippen molar-refractivity contribution < 1.29 is 37.9 Å². The number of nitrogens with one attached hydrogen (secondary N) is 2. The molecule has 2 aliphatic heterocycles. The van der Waals surface area contributed by atoms with Crippen LogP contribution in [0.15, 0.2) is 18.2 Å². The summed E-state index contributed by atoms with van der Waals surface area (Å²) in [5, 5.41) is 6.20. The van der Waals surface area contributed by atoms with E-state index in [0.717, 1.165) is 31.2 Å². The molecule has 0 radical (unpaired) electrons. The van der Waals surface area contributed by atoms with E-state index in [4.69, 9.17) is 23.5 Å². The lowest BCUT2D eigenvalue weighted by Crippen LogP contribution is -2.65. The summed E-state index contributed by atoms with van der Waals surface area (Å²) in [7, 11) is 0.868. The summed E-state index contributed by atoms with van der Waals surface area (Å²) in [6.45, 7) is 19.3. The summed E-state index contributed by atoms with van der Waals surface area (Å²) >= 11 is 0. The minimum absolute atomic E-state index is 0.00324. The predicted molar refractivity (Wildman–Crippen MR) is 183 cm³/mol. The Morgan fingerprint density at radius 2 is 1.69 bits per heavy atom. The van der Waals surface area contributed by atoms with E-state index in [-0.39, 0.29) is 30.0 Å². The molecule has 12 heteroatoms. The van der Waals surface area contributed by atoms with Crippen molar-refractivity contribution in [3.05, 3.63) is 29.3 Å². The maximum Gasteiger partial charge on any atom is 0.482 e. The third-order valence-corrected chi connectivity index (χ3v) is 10.7. The van der Waals surface area contributed by atoms with Crippen molar-refractivity contribution in [3.8, 4) is 5.75 Å². The molecular formula is C36H56BN3O8. The third kappa shape index (κ3) is 7.97. The van der Waals surface area contributed by atoms with E-state index in [1.165, 1.54) is 7.11 Å². The number of hydrogen-bond donors (Lipinski definition) is 2. The topological polar surface area (TPSA) is 125 Å². The number of carbonyl (C=O) groups is 3. The second kappa shape index (κ2) is 13.5. The summed E-state index contributed by atoms with van der Waals surface area (Å²) in [6, 6.07) is 5.40. The lowest BCUT2D eigenvalue weighted by atomic mass is 9.43. The molecule has 3 saturated carbocycles. The zero-order valence-electron chi connectivity index (χ0n) is 30.6. The fourth-order valence-corrected chi connectivity index (χ4v) is 8.17. The molecule has 0 spiro atoms. The number of ether oxygens (including phenoxy) is 3. The van der Waals surface area contributed by atoms with E-state index < -0.39 is 41.9 Å². The first-order chi connectivity index (χ1) is 22.3. The molecule has 2 bridgehead atoms. The normalized spacial score (nSPS) is 27.7. The molecule has 5 unspecified atom stereocenters. The molecule has 2 N–H and O–H groups in total. The van der Waals surface area contributed by atoms with Crippen LogP contribution in [-0.2, 0) is 30.0 Å². The summed E-state index contributed by atoms with van der Waals surface area (Å²) < 4.78 is 30.3. The number of alkyl carbamates (subject to hydrolysis) is 1. The average molecular weight is 670 g/mol. The summed E-state index contributed by atoms with van der Waals surface area (Å²) in [5.74, 6) is 0.230. The van der Waals surface area contributed by atoms with Crippen LogP contribution >= 0.6 is 0 Å².